The highest BCUT2D eigenvalue weighted by molar-refractivity contribution is 5.92. The van der Waals surface area contributed by atoms with Gasteiger partial charge in [-0.2, -0.15) is 0 Å². The summed E-state index contributed by atoms with van der Waals surface area (Å²) in [6, 6.07) is 1.61. The Morgan fingerprint density at radius 1 is 1.23 bits per heavy atom. The molecule has 0 radical (unpaired) electrons. The predicted molar refractivity (Wildman–Crippen MR) is 77.4 cm³/mol. The first kappa shape index (κ1) is 14.9. The number of carbonyl (C=O) groups is 2. The molecule has 3 aliphatic carbocycles. The van der Waals surface area contributed by atoms with E-state index in [0.717, 1.165) is 19.3 Å². The zero-order valence-electron chi connectivity index (χ0n) is 13.3. The average Bonchev–Trinajstić information content (AvgIpc) is 2.68. The summed E-state index contributed by atoms with van der Waals surface area (Å²) in [7, 11) is 0. The van der Waals surface area contributed by atoms with Crippen molar-refractivity contribution in [3.8, 4) is 0 Å². The molecule has 2 N–H and O–H groups in total. The van der Waals surface area contributed by atoms with E-state index in [9.17, 15) is 9.59 Å². The predicted octanol–water partition coefficient (Wildman–Crippen LogP) is 1.91. The fourth-order valence-electron chi connectivity index (χ4n) is 3.35. The van der Waals surface area contributed by atoms with Crippen molar-refractivity contribution in [3.63, 3.8) is 0 Å². The lowest BCUT2D eigenvalue weighted by Gasteiger charge is -2.70. The number of hydrogen-bond donors (Lipinski definition) is 2. The van der Waals surface area contributed by atoms with Crippen molar-refractivity contribution in [2.75, 3.05) is 0 Å². The van der Waals surface area contributed by atoms with E-state index in [0.29, 0.717) is 5.69 Å². The van der Waals surface area contributed by atoms with E-state index >= 15 is 0 Å². The standard InChI is InChI=1S/C15H21N3O4/c1-9-5-10(22-18-9)11(19)16-14-6-15(7-14,8-14)17-12(20)21-13(2,3)4/h5H,6-8H2,1-4H3,(H,16,19)(H,17,20). The fraction of sp³-hybridized carbons (Fsp3) is 0.667. The van der Waals surface area contributed by atoms with Gasteiger partial charge in [0.05, 0.1) is 11.2 Å². The molecule has 0 atom stereocenters. The smallest absolute Gasteiger partial charge is 0.408 e. The number of aryl methyl sites for hydroxylation is 1. The van der Waals surface area contributed by atoms with Gasteiger partial charge < -0.3 is 19.9 Å². The molecule has 1 heterocycles. The van der Waals surface area contributed by atoms with Gasteiger partial charge in [-0.25, -0.2) is 4.79 Å². The Morgan fingerprint density at radius 3 is 2.32 bits per heavy atom. The molecule has 120 valence electrons. The molecular formula is C15H21N3O4. The number of amides is 2. The maximum absolute atomic E-state index is 12.0. The third-order valence-electron chi connectivity index (χ3n) is 4.03. The van der Waals surface area contributed by atoms with Crippen LogP contribution < -0.4 is 10.6 Å². The lowest BCUT2D eigenvalue weighted by Crippen LogP contribution is -2.83. The number of alkyl carbamates (subject to hydrolysis) is 1. The second kappa shape index (κ2) is 4.47. The van der Waals surface area contributed by atoms with Gasteiger partial charge in [0.2, 0.25) is 5.76 Å². The summed E-state index contributed by atoms with van der Waals surface area (Å²) >= 11 is 0. The van der Waals surface area contributed by atoms with Gasteiger partial charge >= 0.3 is 6.09 Å². The van der Waals surface area contributed by atoms with E-state index in [1.165, 1.54) is 0 Å². The van der Waals surface area contributed by atoms with E-state index in [-0.39, 0.29) is 22.7 Å². The Morgan fingerprint density at radius 2 is 1.82 bits per heavy atom. The molecule has 0 aliphatic heterocycles. The fourth-order valence-corrected chi connectivity index (χ4v) is 3.35. The van der Waals surface area contributed by atoms with Crippen LogP contribution in [0.3, 0.4) is 0 Å². The molecule has 7 nitrogen and oxygen atoms in total. The summed E-state index contributed by atoms with van der Waals surface area (Å²) in [5.74, 6) is -0.0393. The summed E-state index contributed by atoms with van der Waals surface area (Å²) in [6.45, 7) is 7.25. The molecule has 2 bridgehead atoms. The van der Waals surface area contributed by atoms with E-state index in [1.807, 2.05) is 20.8 Å². The molecule has 0 unspecified atom stereocenters. The summed E-state index contributed by atoms with van der Waals surface area (Å²) in [5, 5.41) is 9.58. The number of carbonyl (C=O) groups excluding carboxylic acids is 2. The van der Waals surface area contributed by atoms with Crippen LogP contribution in [0, 0.1) is 6.92 Å². The minimum atomic E-state index is -0.510. The van der Waals surface area contributed by atoms with Crippen LogP contribution in [0.25, 0.3) is 0 Å². The van der Waals surface area contributed by atoms with Crippen molar-refractivity contribution in [1.82, 2.24) is 15.8 Å². The third-order valence-corrected chi connectivity index (χ3v) is 4.03. The number of hydrogen-bond acceptors (Lipinski definition) is 5. The van der Waals surface area contributed by atoms with E-state index in [2.05, 4.69) is 15.8 Å². The number of rotatable bonds is 3. The molecule has 3 aliphatic rings. The summed E-state index contributed by atoms with van der Waals surface area (Å²) < 4.78 is 10.2. The SMILES string of the molecule is Cc1cc(C(=O)NC23CC(NC(=O)OC(C)(C)C)(C2)C3)on1. The summed E-state index contributed by atoms with van der Waals surface area (Å²) in [4.78, 5) is 23.8. The Balaban J connectivity index is 1.49. The van der Waals surface area contributed by atoms with Crippen molar-refractivity contribution >= 4 is 12.0 Å². The maximum Gasteiger partial charge on any atom is 0.408 e. The molecule has 0 saturated heterocycles. The molecule has 22 heavy (non-hydrogen) atoms. The number of ether oxygens (including phenoxy) is 1. The third kappa shape index (κ3) is 2.67. The molecule has 2 amide bonds. The zero-order chi connectivity index (χ0) is 16.2. The lowest BCUT2D eigenvalue weighted by atomic mass is 9.44. The van der Waals surface area contributed by atoms with Gasteiger partial charge in [0.15, 0.2) is 0 Å². The second-order valence-electron chi connectivity index (χ2n) is 7.50. The topological polar surface area (TPSA) is 93.5 Å². The maximum atomic E-state index is 12.0. The molecular weight excluding hydrogens is 286 g/mol. The van der Waals surface area contributed by atoms with Crippen LogP contribution in [0.4, 0.5) is 4.79 Å². The van der Waals surface area contributed by atoms with Crippen LogP contribution in [0.2, 0.25) is 0 Å². The number of nitrogens with one attached hydrogen (secondary N) is 2. The van der Waals surface area contributed by atoms with Crippen LogP contribution in [0.5, 0.6) is 0 Å². The van der Waals surface area contributed by atoms with E-state index < -0.39 is 11.7 Å². The number of aromatic nitrogens is 1. The van der Waals surface area contributed by atoms with Gasteiger partial charge in [-0.15, -0.1) is 0 Å². The molecule has 3 fully saturated rings. The Hall–Kier alpha value is -2.05. The highest BCUT2D eigenvalue weighted by Crippen LogP contribution is 2.60. The monoisotopic (exact) mass is 307 g/mol. The first-order chi connectivity index (χ1) is 10.1. The minimum absolute atomic E-state index is 0.219. The molecule has 1 aromatic heterocycles. The molecule has 7 heteroatoms. The van der Waals surface area contributed by atoms with Crippen LogP contribution in [0.15, 0.2) is 10.6 Å². The molecule has 0 spiro atoms. The average molecular weight is 307 g/mol. The minimum Gasteiger partial charge on any atom is -0.444 e. The van der Waals surface area contributed by atoms with Crippen LogP contribution >= 0.6 is 0 Å². The van der Waals surface area contributed by atoms with E-state index in [4.69, 9.17) is 9.26 Å². The molecule has 4 rings (SSSR count). The van der Waals surface area contributed by atoms with Gasteiger partial charge in [-0.3, -0.25) is 4.79 Å². The van der Waals surface area contributed by atoms with Gasteiger partial charge in [0.1, 0.15) is 5.60 Å². The quantitative estimate of drug-likeness (QED) is 0.889. The molecule has 3 saturated carbocycles. The van der Waals surface area contributed by atoms with Crippen LogP contribution in [0.1, 0.15) is 56.3 Å². The molecule has 0 aromatic carbocycles. The Kier molecular flexibility index (Phi) is 3.02. The highest BCUT2D eigenvalue weighted by atomic mass is 16.6. The Labute approximate surface area is 128 Å². The van der Waals surface area contributed by atoms with E-state index in [1.54, 1.807) is 13.0 Å². The lowest BCUT2D eigenvalue weighted by molar-refractivity contribution is -0.0972. The van der Waals surface area contributed by atoms with Crippen LogP contribution in [-0.4, -0.2) is 33.8 Å². The van der Waals surface area contributed by atoms with Gasteiger partial charge in [-0.1, -0.05) is 5.16 Å². The largest absolute Gasteiger partial charge is 0.444 e. The van der Waals surface area contributed by atoms with Gasteiger partial charge in [0, 0.05) is 11.6 Å². The molecule has 1 aromatic rings. The second-order valence-corrected chi connectivity index (χ2v) is 7.50. The van der Waals surface area contributed by atoms with Crippen LogP contribution in [-0.2, 0) is 4.74 Å². The first-order valence-corrected chi connectivity index (χ1v) is 7.38. The Bertz CT molecular complexity index is 609. The van der Waals surface area contributed by atoms with Crippen molar-refractivity contribution in [2.24, 2.45) is 0 Å². The summed E-state index contributed by atoms with van der Waals surface area (Å²) in [5.41, 5.74) is -0.297. The van der Waals surface area contributed by atoms with Crippen molar-refractivity contribution in [3.05, 3.63) is 17.5 Å². The first-order valence-electron chi connectivity index (χ1n) is 7.38. The van der Waals surface area contributed by atoms with Gasteiger partial charge in [-0.05, 0) is 47.0 Å². The van der Waals surface area contributed by atoms with Crippen molar-refractivity contribution < 1.29 is 18.8 Å². The van der Waals surface area contributed by atoms with Crippen molar-refractivity contribution in [2.45, 2.75) is 63.6 Å². The normalized spacial score (nSPS) is 29.1. The van der Waals surface area contributed by atoms with Crippen molar-refractivity contribution in [1.29, 1.82) is 0 Å². The number of nitrogens with zero attached hydrogens (tertiary/aromatic N) is 1. The highest BCUT2D eigenvalue weighted by Gasteiger charge is 2.69. The van der Waals surface area contributed by atoms with Gasteiger partial charge in [0.25, 0.3) is 5.91 Å². The zero-order valence-corrected chi connectivity index (χ0v) is 13.3. The summed E-state index contributed by atoms with van der Waals surface area (Å²) in [6.07, 6.45) is 1.76.